The normalized spacial score (nSPS) is 24.2. The molecular weight excluding hydrogens is 410 g/mol. The van der Waals surface area contributed by atoms with Crippen LogP contribution in [0.15, 0.2) is 46.4 Å². The van der Waals surface area contributed by atoms with Gasteiger partial charge in [-0.2, -0.15) is 4.98 Å². The number of aliphatic hydroxyl groups is 3. The molecule has 30 heavy (non-hydrogen) atoms. The van der Waals surface area contributed by atoms with Gasteiger partial charge < -0.3 is 25.8 Å². The molecule has 0 bridgehead atoms. The molecule has 3 heterocycles. The predicted octanol–water partition coefficient (Wildman–Crippen LogP) is 0.119. The van der Waals surface area contributed by atoms with Crippen LogP contribution in [0.2, 0.25) is 0 Å². The van der Waals surface area contributed by atoms with E-state index in [2.05, 4.69) is 15.0 Å². The Kier molecular flexibility index (Phi) is 5.88. The second kappa shape index (κ2) is 8.58. The van der Waals surface area contributed by atoms with Gasteiger partial charge in [-0.1, -0.05) is 54.2 Å². The maximum Gasteiger partial charge on any atom is 0.280 e. The average molecular weight is 431 g/mol. The Balaban J connectivity index is 1.68. The number of benzene rings is 1. The number of thioether (sulfide) groups is 1. The molecule has 1 fully saturated rings. The maximum absolute atomic E-state index is 12.3. The van der Waals surface area contributed by atoms with Gasteiger partial charge in [-0.25, -0.2) is 4.98 Å². The lowest BCUT2D eigenvalue weighted by Gasteiger charge is -2.18. The summed E-state index contributed by atoms with van der Waals surface area (Å²) in [7, 11) is 0. The number of H-pyrrole nitrogens is 1. The van der Waals surface area contributed by atoms with E-state index in [1.54, 1.807) is 0 Å². The molecule has 11 heteroatoms. The Morgan fingerprint density at radius 1 is 1.23 bits per heavy atom. The van der Waals surface area contributed by atoms with Gasteiger partial charge in [-0.05, 0) is 5.56 Å². The molecule has 1 aromatic carbocycles. The third-order valence-electron chi connectivity index (χ3n) is 4.73. The molecule has 0 aliphatic carbocycles. The van der Waals surface area contributed by atoms with E-state index < -0.39 is 36.7 Å². The van der Waals surface area contributed by atoms with Gasteiger partial charge in [0, 0.05) is 5.75 Å². The fraction of sp³-hybridized carbons (Fsp3) is 0.316. The number of nitrogens with one attached hydrogen (secondary N) is 1. The highest BCUT2D eigenvalue weighted by atomic mass is 32.2. The number of nitrogen functional groups attached to an aromatic ring is 1. The van der Waals surface area contributed by atoms with E-state index in [-0.39, 0.29) is 17.1 Å². The number of rotatable bonds is 6. The summed E-state index contributed by atoms with van der Waals surface area (Å²) in [5.74, 6) is 0.404. The lowest BCUT2D eigenvalue weighted by molar-refractivity contribution is -0.0548. The van der Waals surface area contributed by atoms with Gasteiger partial charge in [0.2, 0.25) is 5.95 Å². The summed E-state index contributed by atoms with van der Waals surface area (Å²) in [6, 6.07) is 9.77. The van der Waals surface area contributed by atoms with Crippen molar-refractivity contribution in [3.8, 4) is 0 Å². The fourth-order valence-corrected chi connectivity index (χ4v) is 4.10. The highest BCUT2D eigenvalue weighted by Gasteiger charge is 2.45. The second-order valence-electron chi connectivity index (χ2n) is 6.74. The van der Waals surface area contributed by atoms with Crippen LogP contribution in [0.1, 0.15) is 11.8 Å². The lowest BCUT2D eigenvalue weighted by atomic mass is 10.1. The van der Waals surface area contributed by atoms with E-state index in [4.69, 9.17) is 10.5 Å². The number of anilines is 1. The minimum absolute atomic E-state index is 0.0384. The molecular formula is C19H21N5O5S. The molecule has 4 atom stereocenters. The summed E-state index contributed by atoms with van der Waals surface area (Å²) in [6.45, 7) is -0.472. The van der Waals surface area contributed by atoms with Gasteiger partial charge in [-0.3, -0.25) is 14.3 Å². The summed E-state index contributed by atoms with van der Waals surface area (Å²) in [4.78, 5) is 23.2. The van der Waals surface area contributed by atoms with Crippen LogP contribution in [0.3, 0.4) is 0 Å². The molecule has 0 spiro atoms. The summed E-state index contributed by atoms with van der Waals surface area (Å²) in [5.41, 5.74) is 6.37. The monoisotopic (exact) mass is 431 g/mol. The number of imidazole rings is 1. The fourth-order valence-electron chi connectivity index (χ4n) is 3.28. The van der Waals surface area contributed by atoms with E-state index in [0.29, 0.717) is 10.9 Å². The van der Waals surface area contributed by atoms with Crippen LogP contribution >= 0.6 is 11.8 Å². The smallest absolute Gasteiger partial charge is 0.280 e. The Labute approximate surface area is 175 Å². The van der Waals surface area contributed by atoms with Gasteiger partial charge in [-0.15, -0.1) is 0 Å². The van der Waals surface area contributed by atoms with Crippen molar-refractivity contribution in [2.75, 3.05) is 18.1 Å². The quantitative estimate of drug-likeness (QED) is 0.342. The van der Waals surface area contributed by atoms with E-state index in [9.17, 15) is 20.1 Å². The van der Waals surface area contributed by atoms with Crippen molar-refractivity contribution in [2.24, 2.45) is 0 Å². The molecule has 0 radical (unpaired) electrons. The second-order valence-corrected chi connectivity index (χ2v) is 7.73. The summed E-state index contributed by atoms with van der Waals surface area (Å²) >= 11 is 1.30. The number of hydrogen-bond acceptors (Lipinski definition) is 9. The number of hydrogen-bond donors (Lipinski definition) is 5. The van der Waals surface area contributed by atoms with Gasteiger partial charge >= 0.3 is 0 Å². The minimum atomic E-state index is -1.35. The standard InChI is InChI=1S/C19H21N5O5S/c20-18-22-15-12(16(28)23-18)21-19(30-8-4-7-10-5-2-1-3-6-10)24(15)17-14(27)13(26)11(9-25)29-17/h1-7,11,13-14,17,25-27H,8-9H2,(H3,20,22,23,28)/t11-,13-,14-,17-/m0/s1. The first-order valence-electron chi connectivity index (χ1n) is 9.24. The number of nitrogens with zero attached hydrogens (tertiary/aromatic N) is 3. The number of aromatic amines is 1. The molecule has 1 aliphatic heterocycles. The van der Waals surface area contributed by atoms with Crippen molar-refractivity contribution < 1.29 is 20.1 Å². The van der Waals surface area contributed by atoms with E-state index in [0.717, 1.165) is 5.56 Å². The van der Waals surface area contributed by atoms with Crippen LogP contribution in [0, 0.1) is 0 Å². The van der Waals surface area contributed by atoms with Crippen molar-refractivity contribution in [1.82, 2.24) is 19.5 Å². The van der Waals surface area contributed by atoms with Gasteiger partial charge in [0.1, 0.15) is 18.3 Å². The lowest BCUT2D eigenvalue weighted by Crippen LogP contribution is -2.33. The number of ether oxygens (including phenoxy) is 1. The molecule has 0 saturated carbocycles. The van der Waals surface area contributed by atoms with Crippen LogP contribution in [-0.4, -0.2) is 65.5 Å². The number of aliphatic hydroxyl groups excluding tert-OH is 3. The zero-order valence-corrected chi connectivity index (χ0v) is 16.6. The van der Waals surface area contributed by atoms with Crippen LogP contribution in [0.25, 0.3) is 17.2 Å². The Hall–Kier alpha value is -2.70. The molecule has 3 aromatic rings. The van der Waals surface area contributed by atoms with Gasteiger partial charge in [0.25, 0.3) is 5.56 Å². The summed E-state index contributed by atoms with van der Waals surface area (Å²) in [5, 5.41) is 30.4. The van der Waals surface area contributed by atoms with Crippen molar-refractivity contribution in [3.05, 3.63) is 52.3 Å². The van der Waals surface area contributed by atoms with Gasteiger partial charge in [0.15, 0.2) is 22.5 Å². The Morgan fingerprint density at radius 3 is 2.70 bits per heavy atom. The Bertz CT molecular complexity index is 1120. The predicted molar refractivity (Wildman–Crippen MR) is 112 cm³/mol. The van der Waals surface area contributed by atoms with Crippen molar-refractivity contribution in [2.45, 2.75) is 29.7 Å². The van der Waals surface area contributed by atoms with Crippen molar-refractivity contribution >= 4 is 35.0 Å². The van der Waals surface area contributed by atoms with Crippen molar-refractivity contribution in [1.29, 1.82) is 0 Å². The molecule has 6 N–H and O–H groups in total. The number of aromatic nitrogens is 4. The first-order valence-corrected chi connectivity index (χ1v) is 10.2. The van der Waals surface area contributed by atoms with E-state index in [1.807, 2.05) is 42.5 Å². The number of fused-ring (bicyclic) bond motifs is 1. The average Bonchev–Trinajstić information content (AvgIpc) is 3.23. The minimum Gasteiger partial charge on any atom is -0.394 e. The van der Waals surface area contributed by atoms with Crippen LogP contribution < -0.4 is 11.3 Å². The summed E-state index contributed by atoms with van der Waals surface area (Å²) < 4.78 is 7.07. The third kappa shape index (κ3) is 3.85. The Morgan fingerprint density at radius 2 is 2.00 bits per heavy atom. The van der Waals surface area contributed by atoms with Crippen molar-refractivity contribution in [3.63, 3.8) is 0 Å². The molecule has 0 unspecified atom stereocenters. The van der Waals surface area contributed by atoms with E-state index in [1.165, 1.54) is 16.3 Å². The van der Waals surface area contributed by atoms with E-state index >= 15 is 0 Å². The zero-order valence-electron chi connectivity index (χ0n) is 15.8. The largest absolute Gasteiger partial charge is 0.394 e. The summed E-state index contributed by atoms with van der Waals surface area (Å²) in [6.07, 6.45) is -0.814. The molecule has 2 aromatic heterocycles. The molecule has 0 amide bonds. The first kappa shape index (κ1) is 20.6. The van der Waals surface area contributed by atoms with Crippen LogP contribution in [0.5, 0.6) is 0 Å². The van der Waals surface area contributed by atoms with Gasteiger partial charge in [0.05, 0.1) is 6.61 Å². The van der Waals surface area contributed by atoms with Crippen LogP contribution in [-0.2, 0) is 4.74 Å². The molecule has 158 valence electrons. The topological polar surface area (TPSA) is 160 Å². The first-order chi connectivity index (χ1) is 14.5. The zero-order chi connectivity index (χ0) is 21.3. The highest BCUT2D eigenvalue weighted by Crippen LogP contribution is 2.35. The third-order valence-corrected chi connectivity index (χ3v) is 5.63. The molecule has 10 nitrogen and oxygen atoms in total. The SMILES string of the molecule is Nc1nc2c(nc(SCC=Cc3ccccc3)n2[C@H]2O[C@@H](CO)[C@H](O)[C@@H]2O)c(=O)[nH]1. The number of nitrogens with two attached hydrogens (primary N) is 1. The maximum atomic E-state index is 12.3. The van der Waals surface area contributed by atoms with Crippen LogP contribution in [0.4, 0.5) is 5.95 Å². The highest BCUT2D eigenvalue weighted by molar-refractivity contribution is 7.99. The molecule has 1 aliphatic rings. The molecule has 4 rings (SSSR count). The molecule has 1 saturated heterocycles.